The first-order valence-electron chi connectivity index (χ1n) is 4.76. The van der Waals surface area contributed by atoms with E-state index in [2.05, 4.69) is 30.4 Å². The van der Waals surface area contributed by atoms with Crippen LogP contribution in [0.3, 0.4) is 0 Å². The van der Waals surface area contributed by atoms with Crippen LogP contribution in [0.2, 0.25) is 0 Å². The molecule has 3 rings (SSSR count). The van der Waals surface area contributed by atoms with Crippen molar-refractivity contribution in [1.29, 1.82) is 0 Å². The summed E-state index contributed by atoms with van der Waals surface area (Å²) in [6.45, 7) is 0.634. The molecule has 0 aromatic rings. The van der Waals surface area contributed by atoms with Crippen molar-refractivity contribution >= 4 is 0 Å². The average molecular weight is 171 g/mol. The number of hydrogen-bond donors (Lipinski definition) is 0. The van der Waals surface area contributed by atoms with E-state index in [1.54, 1.807) is 0 Å². The molecular weight excluding hydrogens is 160 g/mol. The van der Waals surface area contributed by atoms with Crippen molar-refractivity contribution in [2.45, 2.75) is 12.8 Å². The van der Waals surface area contributed by atoms with Crippen molar-refractivity contribution in [2.75, 3.05) is 6.61 Å². The lowest BCUT2D eigenvalue weighted by Gasteiger charge is -2.25. The molecular formula is C12H11O. The van der Waals surface area contributed by atoms with Crippen LogP contribution in [0.1, 0.15) is 12.8 Å². The first-order valence-corrected chi connectivity index (χ1v) is 4.76. The first kappa shape index (κ1) is 7.19. The summed E-state index contributed by atoms with van der Waals surface area (Å²) in [5, 5.41) is 0. The zero-order valence-corrected chi connectivity index (χ0v) is 7.42. The fourth-order valence-electron chi connectivity index (χ4n) is 2.19. The van der Waals surface area contributed by atoms with Crippen LogP contribution in [-0.2, 0) is 4.74 Å². The van der Waals surface area contributed by atoms with Gasteiger partial charge in [0, 0.05) is 11.6 Å². The van der Waals surface area contributed by atoms with Gasteiger partial charge in [0.1, 0.15) is 12.4 Å². The average Bonchev–Trinajstić information content (AvgIpc) is 2.65. The molecule has 0 fully saturated rings. The maximum atomic E-state index is 5.45. The highest BCUT2D eigenvalue weighted by Crippen LogP contribution is 2.39. The lowest BCUT2D eigenvalue weighted by molar-refractivity contribution is 0.268. The second kappa shape index (κ2) is 2.63. The molecule has 0 aromatic carbocycles. The smallest absolute Gasteiger partial charge is 0.123 e. The van der Waals surface area contributed by atoms with Gasteiger partial charge in [0.05, 0.1) is 0 Å². The second-order valence-electron chi connectivity index (χ2n) is 3.63. The fraction of sp³-hybridized carbons (Fsp3) is 0.333. The quantitative estimate of drug-likeness (QED) is 0.544. The van der Waals surface area contributed by atoms with Crippen LogP contribution in [0.25, 0.3) is 0 Å². The molecule has 1 aliphatic heterocycles. The van der Waals surface area contributed by atoms with E-state index in [9.17, 15) is 0 Å². The van der Waals surface area contributed by atoms with E-state index >= 15 is 0 Å². The number of ether oxygens (including phenoxy) is 1. The van der Waals surface area contributed by atoms with E-state index in [-0.39, 0.29) is 0 Å². The van der Waals surface area contributed by atoms with Gasteiger partial charge in [0.15, 0.2) is 0 Å². The Morgan fingerprint density at radius 2 is 2.38 bits per heavy atom. The van der Waals surface area contributed by atoms with Crippen molar-refractivity contribution < 1.29 is 4.74 Å². The summed E-state index contributed by atoms with van der Waals surface area (Å²) in [5.74, 6) is 1.73. The second-order valence-corrected chi connectivity index (χ2v) is 3.63. The Morgan fingerprint density at radius 1 is 1.38 bits per heavy atom. The standard InChI is InChI=1S/C12H11O/c1-2-4-10-9(3-1)5-6-12-11(10)7-8-13-12/h1-2,4,6,9H,3,5,8H2. The van der Waals surface area contributed by atoms with E-state index in [0.29, 0.717) is 12.5 Å². The van der Waals surface area contributed by atoms with Crippen LogP contribution >= 0.6 is 0 Å². The van der Waals surface area contributed by atoms with Gasteiger partial charge in [-0.1, -0.05) is 18.2 Å². The summed E-state index contributed by atoms with van der Waals surface area (Å²) in [4.78, 5) is 0. The van der Waals surface area contributed by atoms with Gasteiger partial charge in [-0.2, -0.15) is 0 Å². The summed E-state index contributed by atoms with van der Waals surface area (Å²) in [6, 6.07) is 0. The lowest BCUT2D eigenvalue weighted by atomic mass is 9.80. The topological polar surface area (TPSA) is 9.23 Å². The van der Waals surface area contributed by atoms with Gasteiger partial charge in [-0.3, -0.25) is 0 Å². The van der Waals surface area contributed by atoms with Crippen LogP contribution in [0.5, 0.6) is 0 Å². The Hall–Kier alpha value is -1.24. The van der Waals surface area contributed by atoms with Crippen molar-refractivity contribution in [2.24, 2.45) is 5.92 Å². The molecule has 0 N–H and O–H groups in total. The Balaban J connectivity index is 2.09. The van der Waals surface area contributed by atoms with Crippen LogP contribution in [0.4, 0.5) is 0 Å². The maximum Gasteiger partial charge on any atom is 0.123 e. The number of rotatable bonds is 0. The van der Waals surface area contributed by atoms with Crippen LogP contribution < -0.4 is 0 Å². The monoisotopic (exact) mass is 171 g/mol. The number of allylic oxidation sites excluding steroid dienone is 5. The van der Waals surface area contributed by atoms with Crippen LogP contribution in [0.15, 0.2) is 41.2 Å². The summed E-state index contributed by atoms with van der Waals surface area (Å²) < 4.78 is 5.45. The van der Waals surface area contributed by atoms with Gasteiger partial charge in [-0.25, -0.2) is 0 Å². The number of hydrogen-bond acceptors (Lipinski definition) is 1. The van der Waals surface area contributed by atoms with Gasteiger partial charge < -0.3 is 4.74 Å². The van der Waals surface area contributed by atoms with E-state index < -0.39 is 0 Å². The highest BCUT2D eigenvalue weighted by Gasteiger charge is 2.28. The third-order valence-electron chi connectivity index (χ3n) is 2.87. The Kier molecular flexibility index (Phi) is 1.45. The largest absolute Gasteiger partial charge is 0.489 e. The van der Waals surface area contributed by atoms with E-state index in [1.807, 2.05) is 0 Å². The Morgan fingerprint density at radius 3 is 3.38 bits per heavy atom. The molecule has 0 amide bonds. The summed E-state index contributed by atoms with van der Waals surface area (Å²) in [7, 11) is 0. The Bertz CT molecular complexity index is 355. The van der Waals surface area contributed by atoms with Gasteiger partial charge in [0.25, 0.3) is 0 Å². The lowest BCUT2D eigenvalue weighted by Crippen LogP contribution is -2.12. The normalized spacial score (nSPS) is 29.5. The van der Waals surface area contributed by atoms with Gasteiger partial charge in [-0.05, 0) is 30.4 Å². The van der Waals surface area contributed by atoms with E-state index in [4.69, 9.17) is 4.74 Å². The summed E-state index contributed by atoms with van der Waals surface area (Å²) >= 11 is 0. The highest BCUT2D eigenvalue weighted by molar-refractivity contribution is 5.51. The molecule has 1 nitrogen and oxygen atoms in total. The third-order valence-corrected chi connectivity index (χ3v) is 2.87. The van der Waals surface area contributed by atoms with Crippen molar-refractivity contribution in [1.82, 2.24) is 0 Å². The molecule has 1 radical (unpaired) electrons. The molecule has 65 valence electrons. The molecule has 0 saturated carbocycles. The molecule has 0 spiro atoms. The molecule has 1 unspecified atom stereocenters. The molecule has 0 bridgehead atoms. The predicted octanol–water partition coefficient (Wildman–Crippen LogP) is 2.54. The van der Waals surface area contributed by atoms with Crippen LogP contribution in [-0.4, -0.2) is 6.61 Å². The minimum absolute atomic E-state index is 0.634. The molecule has 2 aliphatic carbocycles. The third kappa shape index (κ3) is 0.998. The molecule has 1 heterocycles. The van der Waals surface area contributed by atoms with Crippen LogP contribution in [0, 0.1) is 12.0 Å². The Labute approximate surface area is 78.1 Å². The zero-order chi connectivity index (χ0) is 8.67. The molecule has 0 saturated heterocycles. The maximum absolute atomic E-state index is 5.45. The first-order chi connectivity index (χ1) is 6.45. The fourth-order valence-corrected chi connectivity index (χ4v) is 2.19. The SMILES string of the molecule is [C]1=C2C(=CCC3CC=CC=C23)OC1. The highest BCUT2D eigenvalue weighted by atomic mass is 16.5. The molecule has 3 aliphatic rings. The molecule has 1 atom stereocenters. The van der Waals surface area contributed by atoms with Gasteiger partial charge in [0.2, 0.25) is 0 Å². The molecule has 1 heteroatoms. The zero-order valence-electron chi connectivity index (χ0n) is 7.42. The number of fused-ring (bicyclic) bond motifs is 3. The van der Waals surface area contributed by atoms with Crippen molar-refractivity contribution in [3.8, 4) is 0 Å². The van der Waals surface area contributed by atoms with E-state index in [1.165, 1.54) is 17.6 Å². The molecule has 13 heavy (non-hydrogen) atoms. The van der Waals surface area contributed by atoms with Crippen molar-refractivity contribution in [3.05, 3.63) is 47.3 Å². The minimum atomic E-state index is 0.634. The summed E-state index contributed by atoms with van der Waals surface area (Å²) in [6.07, 6.45) is 14.4. The predicted molar refractivity (Wildman–Crippen MR) is 50.7 cm³/mol. The minimum Gasteiger partial charge on any atom is -0.489 e. The van der Waals surface area contributed by atoms with E-state index in [0.717, 1.165) is 12.2 Å². The van der Waals surface area contributed by atoms with Gasteiger partial charge >= 0.3 is 0 Å². The van der Waals surface area contributed by atoms with Crippen molar-refractivity contribution in [3.63, 3.8) is 0 Å². The molecule has 0 aromatic heterocycles. The summed E-state index contributed by atoms with van der Waals surface area (Å²) in [5.41, 5.74) is 2.65. The van der Waals surface area contributed by atoms with Gasteiger partial charge in [-0.15, -0.1) is 0 Å².